The van der Waals surface area contributed by atoms with Gasteiger partial charge in [0.25, 0.3) is 0 Å². The lowest BCUT2D eigenvalue weighted by molar-refractivity contribution is 0.103. The van der Waals surface area contributed by atoms with Crippen LogP contribution in [-0.4, -0.2) is 42.1 Å². The van der Waals surface area contributed by atoms with Gasteiger partial charge in [-0.2, -0.15) is 0 Å². The predicted molar refractivity (Wildman–Crippen MR) is 131 cm³/mol. The summed E-state index contributed by atoms with van der Waals surface area (Å²) in [7, 11) is 4.55. The van der Waals surface area contributed by atoms with E-state index in [-0.39, 0.29) is 5.78 Å². The van der Waals surface area contributed by atoms with E-state index >= 15 is 0 Å². The molecule has 5 aromatic rings. The zero-order valence-corrected chi connectivity index (χ0v) is 19.0. The second-order valence-electron chi connectivity index (χ2n) is 7.68. The van der Waals surface area contributed by atoms with E-state index in [9.17, 15) is 4.79 Å². The van der Waals surface area contributed by atoms with Crippen LogP contribution in [0.2, 0.25) is 0 Å². The number of para-hydroxylation sites is 1. The van der Waals surface area contributed by atoms with Crippen molar-refractivity contribution < 1.29 is 19.0 Å². The number of benzene rings is 3. The summed E-state index contributed by atoms with van der Waals surface area (Å²) < 4.78 is 16.2. The Hall–Kier alpha value is -4.52. The molecule has 0 saturated heterocycles. The minimum atomic E-state index is -0.237. The number of rotatable bonds is 7. The van der Waals surface area contributed by atoms with Crippen LogP contribution in [0.1, 0.15) is 16.1 Å². The second kappa shape index (κ2) is 8.78. The third-order valence-corrected chi connectivity index (χ3v) is 5.75. The highest BCUT2D eigenvalue weighted by atomic mass is 16.5. The smallest absolute Gasteiger partial charge is 0.211 e. The molecule has 0 aliphatic carbocycles. The van der Waals surface area contributed by atoms with Gasteiger partial charge in [0.1, 0.15) is 11.5 Å². The first-order valence-electron chi connectivity index (χ1n) is 10.7. The Morgan fingerprint density at radius 1 is 0.824 bits per heavy atom. The average molecular weight is 453 g/mol. The first-order valence-corrected chi connectivity index (χ1v) is 10.7. The van der Waals surface area contributed by atoms with E-state index in [0.29, 0.717) is 34.3 Å². The molecule has 7 heteroatoms. The summed E-state index contributed by atoms with van der Waals surface area (Å²) in [5, 5.41) is 1.02. The van der Waals surface area contributed by atoms with Gasteiger partial charge >= 0.3 is 0 Å². The van der Waals surface area contributed by atoms with E-state index in [0.717, 1.165) is 27.7 Å². The molecular weight excluding hydrogens is 430 g/mol. The van der Waals surface area contributed by atoms with Gasteiger partial charge in [-0.05, 0) is 23.8 Å². The molecule has 2 N–H and O–H groups in total. The summed E-state index contributed by atoms with van der Waals surface area (Å²) in [6.45, 7) is 0. The van der Waals surface area contributed by atoms with Crippen molar-refractivity contribution >= 4 is 16.7 Å². The fourth-order valence-electron chi connectivity index (χ4n) is 4.14. The topological polar surface area (TPSA) is 89.2 Å². The van der Waals surface area contributed by atoms with Gasteiger partial charge in [0.05, 0.1) is 38.8 Å². The highest BCUT2D eigenvalue weighted by Crippen LogP contribution is 2.39. The van der Waals surface area contributed by atoms with E-state index in [1.54, 1.807) is 18.3 Å². The summed E-state index contributed by atoms with van der Waals surface area (Å²) >= 11 is 0. The van der Waals surface area contributed by atoms with E-state index in [2.05, 4.69) is 15.0 Å². The summed E-state index contributed by atoms with van der Waals surface area (Å²) in [5.41, 5.74) is 4.61. The molecular formula is C27H23N3O4. The Morgan fingerprint density at radius 3 is 2.18 bits per heavy atom. The van der Waals surface area contributed by atoms with Gasteiger partial charge in [-0.1, -0.05) is 48.5 Å². The summed E-state index contributed by atoms with van der Waals surface area (Å²) in [5.74, 6) is 1.62. The summed E-state index contributed by atoms with van der Waals surface area (Å²) in [6.07, 6.45) is 1.55. The number of nitrogens with one attached hydrogen (secondary N) is 2. The third kappa shape index (κ3) is 3.57. The first kappa shape index (κ1) is 21.3. The van der Waals surface area contributed by atoms with E-state index in [1.807, 2.05) is 54.6 Å². The number of hydrogen-bond acceptors (Lipinski definition) is 5. The van der Waals surface area contributed by atoms with Crippen LogP contribution >= 0.6 is 0 Å². The summed E-state index contributed by atoms with van der Waals surface area (Å²) in [4.78, 5) is 24.7. The lowest BCUT2D eigenvalue weighted by Crippen LogP contribution is -2.04. The molecule has 0 saturated carbocycles. The normalized spacial score (nSPS) is 10.9. The van der Waals surface area contributed by atoms with Crippen molar-refractivity contribution in [3.05, 3.63) is 84.2 Å². The number of carbonyl (C=O) groups excluding carboxylic acids is 1. The molecule has 3 aromatic carbocycles. The maximum Gasteiger partial charge on any atom is 0.211 e. The van der Waals surface area contributed by atoms with Gasteiger partial charge in [-0.15, -0.1) is 0 Å². The van der Waals surface area contributed by atoms with Crippen LogP contribution < -0.4 is 14.2 Å². The second-order valence-corrected chi connectivity index (χ2v) is 7.68. The van der Waals surface area contributed by atoms with Gasteiger partial charge in [0.2, 0.25) is 11.5 Å². The Kier molecular flexibility index (Phi) is 5.51. The zero-order chi connectivity index (χ0) is 23.7. The fraction of sp³-hybridized carbons (Fsp3) is 0.111. The highest BCUT2D eigenvalue weighted by molar-refractivity contribution is 6.09. The minimum Gasteiger partial charge on any atom is -0.493 e. The molecule has 5 rings (SSSR count). The molecule has 34 heavy (non-hydrogen) atoms. The number of aromatic nitrogens is 3. The number of carbonyl (C=O) groups is 1. The molecule has 0 spiro atoms. The number of methoxy groups -OCH3 is 3. The van der Waals surface area contributed by atoms with Crippen LogP contribution in [0.4, 0.5) is 0 Å². The Labute approximate surface area is 196 Å². The molecule has 0 unspecified atom stereocenters. The monoisotopic (exact) mass is 453 g/mol. The van der Waals surface area contributed by atoms with Gasteiger partial charge in [0, 0.05) is 16.5 Å². The van der Waals surface area contributed by atoms with Gasteiger partial charge in [-0.3, -0.25) is 4.79 Å². The molecule has 0 aliphatic heterocycles. The average Bonchev–Trinajstić information content (AvgIpc) is 3.52. The quantitative estimate of drug-likeness (QED) is 0.319. The molecule has 7 nitrogen and oxygen atoms in total. The molecule has 0 fully saturated rings. The highest BCUT2D eigenvalue weighted by Gasteiger charge is 2.22. The van der Waals surface area contributed by atoms with Gasteiger partial charge in [0.15, 0.2) is 11.5 Å². The Bertz CT molecular complexity index is 1460. The summed E-state index contributed by atoms with van der Waals surface area (Å²) in [6, 6.07) is 21.3. The first-order chi connectivity index (χ1) is 16.6. The molecule has 170 valence electrons. The van der Waals surface area contributed by atoms with Crippen molar-refractivity contribution in [2.45, 2.75) is 0 Å². The molecule has 0 aliphatic rings. The van der Waals surface area contributed by atoms with Crippen LogP contribution in [0.5, 0.6) is 17.2 Å². The molecule has 0 atom stereocenters. The van der Waals surface area contributed by atoms with Crippen molar-refractivity contribution in [3.63, 3.8) is 0 Å². The third-order valence-electron chi connectivity index (χ3n) is 5.75. The van der Waals surface area contributed by atoms with Crippen LogP contribution in [0.25, 0.3) is 33.5 Å². The number of ketones is 1. The number of imidazole rings is 1. The Morgan fingerprint density at radius 2 is 1.50 bits per heavy atom. The number of H-pyrrole nitrogens is 2. The van der Waals surface area contributed by atoms with Crippen molar-refractivity contribution in [1.29, 1.82) is 0 Å². The predicted octanol–water partition coefficient (Wildman–Crippen LogP) is 5.48. The lowest BCUT2D eigenvalue weighted by atomic mass is 10.0. The van der Waals surface area contributed by atoms with Gasteiger partial charge < -0.3 is 24.2 Å². The largest absolute Gasteiger partial charge is 0.493 e. The fourth-order valence-corrected chi connectivity index (χ4v) is 4.14. The molecule has 0 radical (unpaired) electrons. The number of hydrogen-bond donors (Lipinski definition) is 2. The molecule has 0 bridgehead atoms. The number of aromatic amines is 2. The van der Waals surface area contributed by atoms with Gasteiger partial charge in [-0.25, -0.2) is 4.98 Å². The van der Waals surface area contributed by atoms with Crippen molar-refractivity contribution in [2.75, 3.05) is 21.3 Å². The maximum atomic E-state index is 13.4. The maximum absolute atomic E-state index is 13.4. The molecule has 2 heterocycles. The standard InChI is InChI=1S/C27H23N3O4/c1-32-21-13-17(14-22(33-2)26(21)34-3)25(31)20-15-28-27(30-20)23-18-11-7-8-12-19(18)29-24(23)16-9-5-4-6-10-16/h4-15,29H,1-3H3,(H,28,30). The van der Waals surface area contributed by atoms with Crippen LogP contribution in [0, 0.1) is 0 Å². The number of ether oxygens (including phenoxy) is 3. The van der Waals surface area contributed by atoms with Crippen molar-refractivity contribution in [1.82, 2.24) is 15.0 Å². The van der Waals surface area contributed by atoms with E-state index in [4.69, 9.17) is 14.2 Å². The van der Waals surface area contributed by atoms with Crippen LogP contribution in [0.15, 0.2) is 72.9 Å². The van der Waals surface area contributed by atoms with E-state index in [1.165, 1.54) is 21.3 Å². The molecule has 2 aromatic heterocycles. The Balaban J connectivity index is 1.60. The van der Waals surface area contributed by atoms with Crippen LogP contribution in [0.3, 0.4) is 0 Å². The van der Waals surface area contributed by atoms with Crippen molar-refractivity contribution in [2.24, 2.45) is 0 Å². The molecule has 0 amide bonds. The number of nitrogens with zero attached hydrogens (tertiary/aromatic N) is 1. The minimum absolute atomic E-state index is 0.237. The zero-order valence-electron chi connectivity index (χ0n) is 19.0. The number of fused-ring (bicyclic) bond motifs is 1. The van der Waals surface area contributed by atoms with E-state index < -0.39 is 0 Å². The SMILES string of the molecule is COc1cc(C(=O)c2cnc(-c3c(-c4ccccc4)[nH]c4ccccc34)[nH]2)cc(OC)c1OC. The van der Waals surface area contributed by atoms with Crippen molar-refractivity contribution in [3.8, 4) is 39.9 Å². The lowest BCUT2D eigenvalue weighted by Gasteiger charge is -2.13. The van der Waals surface area contributed by atoms with Crippen LogP contribution in [-0.2, 0) is 0 Å².